The number of hydrogen-bond donors (Lipinski definition) is 0. The zero-order chi connectivity index (χ0) is 54.1. The third-order valence-electron chi connectivity index (χ3n) is 15.8. The molecule has 0 unspecified atom stereocenters. The van der Waals surface area contributed by atoms with Crippen molar-refractivity contribution in [2.75, 3.05) is 16.5 Å². The molecule has 0 atom stereocenters. The fourth-order valence-electron chi connectivity index (χ4n) is 11.0. The molecule has 388 valence electrons. The number of nitrogens with zero attached hydrogens (tertiary/aromatic N) is 4. The van der Waals surface area contributed by atoms with E-state index in [4.69, 9.17) is 9.72 Å². The molecular weight excluding hydrogens is 925 g/mol. The molecule has 10 rings (SSSR count). The molecule has 0 bridgehead atoms. The van der Waals surface area contributed by atoms with Gasteiger partial charge in [-0.2, -0.15) is 0 Å². The number of fused-ring (bicyclic) bond motifs is 3. The van der Waals surface area contributed by atoms with Crippen LogP contribution >= 0.6 is 0 Å². The van der Waals surface area contributed by atoms with Crippen molar-refractivity contribution in [1.29, 1.82) is 0 Å². The molecule has 0 spiro atoms. The molecule has 9 aromatic rings. The molecule has 0 saturated heterocycles. The van der Waals surface area contributed by atoms with Gasteiger partial charge in [0.2, 0.25) is 0 Å². The van der Waals surface area contributed by atoms with Crippen molar-refractivity contribution in [1.82, 2.24) is 9.55 Å². The second-order valence-electron chi connectivity index (χ2n) is 25.5. The van der Waals surface area contributed by atoms with Crippen LogP contribution in [0, 0.1) is 0 Å². The molecule has 2 aromatic heterocycles. The third kappa shape index (κ3) is 10.1. The lowest BCUT2D eigenvalue weighted by Crippen LogP contribution is -2.27. The molecule has 5 nitrogen and oxygen atoms in total. The van der Waals surface area contributed by atoms with Gasteiger partial charge in [0.05, 0.1) is 23.4 Å². The molecule has 5 heteroatoms. The normalized spacial score (nSPS) is 13.7. The van der Waals surface area contributed by atoms with Crippen LogP contribution in [0.25, 0.3) is 44.4 Å². The van der Waals surface area contributed by atoms with E-state index >= 15 is 0 Å². The Labute approximate surface area is 453 Å². The summed E-state index contributed by atoms with van der Waals surface area (Å²) in [4.78, 5) is 9.98. The molecule has 76 heavy (non-hydrogen) atoms. The van der Waals surface area contributed by atoms with Crippen molar-refractivity contribution in [3.63, 3.8) is 0 Å². The van der Waals surface area contributed by atoms with Gasteiger partial charge in [-0.3, -0.25) is 4.57 Å². The summed E-state index contributed by atoms with van der Waals surface area (Å²) in [5.41, 5.74) is 17.9. The van der Waals surface area contributed by atoms with E-state index in [-0.39, 0.29) is 21.7 Å². The summed E-state index contributed by atoms with van der Waals surface area (Å²) >= 11 is 0. The van der Waals surface area contributed by atoms with Gasteiger partial charge in [-0.1, -0.05) is 195 Å². The molecule has 0 amide bonds. The fraction of sp³-hybridized carbons (Fsp3) is 0.310. The molecule has 0 fully saturated rings. The van der Waals surface area contributed by atoms with Crippen molar-refractivity contribution in [3.05, 3.63) is 221 Å². The van der Waals surface area contributed by atoms with E-state index in [1.54, 1.807) is 0 Å². The zero-order valence-electron chi connectivity index (χ0n) is 47.8. The number of hydrogen-bond acceptors (Lipinski definition) is 4. The van der Waals surface area contributed by atoms with Crippen LogP contribution < -0.4 is 14.5 Å². The summed E-state index contributed by atoms with van der Waals surface area (Å²) in [6.07, 6.45) is 4.30. The molecule has 0 aliphatic carbocycles. The number of aromatic nitrogens is 2. The standard InChI is InChI=1S/C71H78N4O/c1-46(2)59-27-22-28-60(47(3)4)67(59)49-35-56(74-45-73(44-65(74)48-23-18-16-19-24-48)55-38-53(69(8,9)10)37-54(39-55)70(11,12)13)42-58(36-49)76-57-30-31-61-62-40-52(71(14,15)50-25-20-17-21-26-50)29-32-63(62)75(64(61)43-57)66-41-51(33-34-72-66)68(5,6)7/h16-44,46-47H,45H2,1-15H3. The topological polar surface area (TPSA) is 33.5 Å². The highest BCUT2D eigenvalue weighted by atomic mass is 16.5. The van der Waals surface area contributed by atoms with E-state index in [1.165, 1.54) is 55.6 Å². The third-order valence-corrected chi connectivity index (χ3v) is 15.8. The van der Waals surface area contributed by atoms with Crippen LogP contribution in [0.5, 0.6) is 11.5 Å². The summed E-state index contributed by atoms with van der Waals surface area (Å²) in [5, 5.41) is 2.33. The Morgan fingerprint density at radius 1 is 0.461 bits per heavy atom. The number of benzene rings is 7. The van der Waals surface area contributed by atoms with Gasteiger partial charge < -0.3 is 14.5 Å². The van der Waals surface area contributed by atoms with E-state index in [9.17, 15) is 0 Å². The first-order chi connectivity index (χ1) is 35.9. The first-order valence-corrected chi connectivity index (χ1v) is 27.5. The highest BCUT2D eigenvalue weighted by molar-refractivity contribution is 6.10. The van der Waals surface area contributed by atoms with E-state index in [1.807, 2.05) is 6.20 Å². The van der Waals surface area contributed by atoms with Crippen LogP contribution in [0.15, 0.2) is 176 Å². The van der Waals surface area contributed by atoms with Crippen LogP contribution in [-0.2, 0) is 21.7 Å². The van der Waals surface area contributed by atoms with E-state index in [0.717, 1.165) is 56.2 Å². The van der Waals surface area contributed by atoms with Crippen molar-refractivity contribution >= 4 is 38.9 Å². The maximum absolute atomic E-state index is 7.32. The minimum Gasteiger partial charge on any atom is -0.457 e. The van der Waals surface area contributed by atoms with Crippen molar-refractivity contribution in [3.8, 4) is 28.4 Å². The second kappa shape index (κ2) is 19.6. The Kier molecular flexibility index (Phi) is 13.5. The average molecular weight is 1000 g/mol. The molecule has 1 aliphatic heterocycles. The predicted octanol–water partition coefficient (Wildman–Crippen LogP) is 19.4. The van der Waals surface area contributed by atoms with Gasteiger partial charge in [0.25, 0.3) is 0 Å². The van der Waals surface area contributed by atoms with Gasteiger partial charge in [-0.15, -0.1) is 0 Å². The van der Waals surface area contributed by atoms with Crippen LogP contribution in [0.2, 0.25) is 0 Å². The summed E-state index contributed by atoms with van der Waals surface area (Å²) in [6.45, 7) is 35.2. The van der Waals surface area contributed by atoms with Crippen LogP contribution in [0.4, 0.5) is 11.4 Å². The Hall–Kier alpha value is -7.37. The molecule has 0 radical (unpaired) electrons. The highest BCUT2D eigenvalue weighted by Crippen LogP contribution is 2.46. The minimum absolute atomic E-state index is 0.0214. The minimum atomic E-state index is -0.211. The zero-order valence-corrected chi connectivity index (χ0v) is 47.8. The predicted molar refractivity (Wildman–Crippen MR) is 324 cm³/mol. The molecule has 1 aliphatic rings. The Balaban J connectivity index is 1.16. The summed E-state index contributed by atoms with van der Waals surface area (Å²) in [5.74, 6) is 3.04. The Morgan fingerprint density at radius 3 is 1.71 bits per heavy atom. The number of rotatable bonds is 11. The van der Waals surface area contributed by atoms with Gasteiger partial charge >= 0.3 is 0 Å². The molecular formula is C71H78N4O. The SMILES string of the molecule is CC(C)c1cccc(C(C)C)c1-c1cc(Oc2ccc3c4cc(C(C)(C)c5ccccc5)ccc4n(-c4cc(C(C)(C)C)ccn4)c3c2)cc(N2CN(c3cc(C(C)(C)C)cc(C(C)(C)C)c3)C=C2c2ccccc2)c1. The first kappa shape index (κ1) is 52.1. The molecule has 3 heterocycles. The summed E-state index contributed by atoms with van der Waals surface area (Å²) in [7, 11) is 0. The van der Waals surface area contributed by atoms with Gasteiger partial charge in [0.1, 0.15) is 17.3 Å². The molecule has 7 aromatic carbocycles. The second-order valence-corrected chi connectivity index (χ2v) is 25.5. The lowest BCUT2D eigenvalue weighted by molar-refractivity contribution is 0.483. The number of anilines is 2. The monoisotopic (exact) mass is 1000 g/mol. The van der Waals surface area contributed by atoms with Crippen molar-refractivity contribution in [2.45, 2.75) is 137 Å². The maximum Gasteiger partial charge on any atom is 0.137 e. The largest absolute Gasteiger partial charge is 0.457 e. The van der Waals surface area contributed by atoms with E-state index in [0.29, 0.717) is 18.5 Å². The van der Waals surface area contributed by atoms with Gasteiger partial charge in [-0.05, 0) is 144 Å². The van der Waals surface area contributed by atoms with E-state index in [2.05, 4.69) is 288 Å². The summed E-state index contributed by atoms with van der Waals surface area (Å²) in [6, 6.07) is 60.6. The van der Waals surface area contributed by atoms with Gasteiger partial charge in [0, 0.05) is 52.1 Å². The van der Waals surface area contributed by atoms with Crippen LogP contribution in [-0.4, -0.2) is 16.2 Å². The van der Waals surface area contributed by atoms with E-state index < -0.39 is 0 Å². The highest BCUT2D eigenvalue weighted by Gasteiger charge is 2.30. The van der Waals surface area contributed by atoms with Crippen molar-refractivity contribution in [2.24, 2.45) is 0 Å². The van der Waals surface area contributed by atoms with Crippen molar-refractivity contribution < 1.29 is 4.74 Å². The molecule has 0 N–H and O–H groups in total. The van der Waals surface area contributed by atoms with Gasteiger partial charge in [-0.25, -0.2) is 4.98 Å². The molecule has 0 saturated carbocycles. The lowest BCUT2D eigenvalue weighted by atomic mass is 9.78. The number of pyridine rings is 1. The average Bonchev–Trinajstić information content (AvgIpc) is 4.00. The summed E-state index contributed by atoms with van der Waals surface area (Å²) < 4.78 is 9.65. The first-order valence-electron chi connectivity index (χ1n) is 27.5. The van der Waals surface area contributed by atoms with Crippen LogP contribution in [0.1, 0.15) is 160 Å². The van der Waals surface area contributed by atoms with Gasteiger partial charge in [0.15, 0.2) is 0 Å². The fourth-order valence-corrected chi connectivity index (χ4v) is 11.0. The quantitative estimate of drug-likeness (QED) is 0.129. The van der Waals surface area contributed by atoms with Crippen LogP contribution in [0.3, 0.4) is 0 Å². The Morgan fingerprint density at radius 2 is 1.09 bits per heavy atom. The Bertz CT molecular complexity index is 3570. The maximum atomic E-state index is 7.32. The smallest absolute Gasteiger partial charge is 0.137 e. The number of ether oxygens (including phenoxy) is 1. The lowest BCUT2D eigenvalue weighted by Gasteiger charge is -2.29.